The number of benzene rings is 1. The van der Waals surface area contributed by atoms with Crippen LogP contribution in [0.3, 0.4) is 0 Å². The van der Waals surface area contributed by atoms with Gasteiger partial charge in [0.1, 0.15) is 12.4 Å². The third-order valence-electron chi connectivity index (χ3n) is 4.25. The first-order valence-electron chi connectivity index (χ1n) is 8.75. The largest absolute Gasteiger partial charge is 0.492 e. The number of nitrogens with one attached hydrogen (secondary N) is 2. The zero-order valence-corrected chi connectivity index (χ0v) is 15.5. The standard InChI is InChI=1S/C18H29N3O2S/c1-3-24(22)17-11-7-8-15(14-17)21-18(19-2)20-12-13-23-16-9-5-4-6-10-16/h4-6,9-10,15,17H,3,7-8,11-14H2,1-2H3,(H2,19,20,21). The first kappa shape index (κ1) is 18.8. The number of para-hydroxylation sites is 1. The molecule has 3 unspecified atom stereocenters. The van der Waals surface area contributed by atoms with Crippen LogP contribution in [0.15, 0.2) is 35.3 Å². The molecule has 5 nitrogen and oxygen atoms in total. The van der Waals surface area contributed by atoms with Crippen molar-refractivity contribution in [2.24, 2.45) is 4.99 Å². The second-order valence-electron chi connectivity index (χ2n) is 5.96. The Morgan fingerprint density at radius 1 is 1.33 bits per heavy atom. The Balaban J connectivity index is 1.71. The Hall–Kier alpha value is -1.56. The van der Waals surface area contributed by atoms with Gasteiger partial charge in [-0.15, -0.1) is 0 Å². The highest BCUT2D eigenvalue weighted by Gasteiger charge is 2.25. The Morgan fingerprint density at radius 3 is 2.83 bits per heavy atom. The van der Waals surface area contributed by atoms with Gasteiger partial charge in [-0.3, -0.25) is 9.20 Å². The summed E-state index contributed by atoms with van der Waals surface area (Å²) in [4.78, 5) is 4.28. The second kappa shape index (κ2) is 10.3. The first-order valence-corrected chi connectivity index (χ1v) is 10.1. The van der Waals surface area contributed by atoms with Gasteiger partial charge in [0.15, 0.2) is 5.96 Å². The molecule has 0 heterocycles. The van der Waals surface area contributed by atoms with E-state index in [1.54, 1.807) is 7.05 Å². The maximum Gasteiger partial charge on any atom is 0.191 e. The predicted molar refractivity (Wildman–Crippen MR) is 101 cm³/mol. The summed E-state index contributed by atoms with van der Waals surface area (Å²) in [5.74, 6) is 2.42. The molecule has 1 aromatic carbocycles. The van der Waals surface area contributed by atoms with Crippen molar-refractivity contribution < 1.29 is 8.95 Å². The summed E-state index contributed by atoms with van der Waals surface area (Å²) in [7, 11) is 1.08. The van der Waals surface area contributed by atoms with Crippen molar-refractivity contribution in [3.05, 3.63) is 30.3 Å². The summed E-state index contributed by atoms with van der Waals surface area (Å²) >= 11 is 0. The van der Waals surface area contributed by atoms with E-state index in [0.717, 1.165) is 43.1 Å². The molecule has 1 saturated carbocycles. The number of rotatable bonds is 7. The van der Waals surface area contributed by atoms with Crippen LogP contribution in [0.4, 0.5) is 0 Å². The summed E-state index contributed by atoms with van der Waals surface area (Å²) < 4.78 is 17.7. The highest BCUT2D eigenvalue weighted by molar-refractivity contribution is 7.85. The third kappa shape index (κ3) is 6.15. The monoisotopic (exact) mass is 351 g/mol. The molecule has 1 aromatic rings. The van der Waals surface area contributed by atoms with E-state index in [4.69, 9.17) is 4.74 Å². The van der Waals surface area contributed by atoms with Crippen molar-refractivity contribution in [2.45, 2.75) is 43.9 Å². The van der Waals surface area contributed by atoms with Crippen LogP contribution in [0.25, 0.3) is 0 Å². The Labute approximate surface area is 147 Å². The van der Waals surface area contributed by atoms with Gasteiger partial charge in [0.25, 0.3) is 0 Å². The molecule has 0 amide bonds. The topological polar surface area (TPSA) is 62.7 Å². The number of guanidine groups is 1. The number of ether oxygens (including phenoxy) is 1. The van der Waals surface area contributed by atoms with Gasteiger partial charge in [-0.25, -0.2) is 0 Å². The fraction of sp³-hybridized carbons (Fsp3) is 0.611. The van der Waals surface area contributed by atoms with Crippen molar-refractivity contribution >= 4 is 16.8 Å². The van der Waals surface area contributed by atoms with Crippen LogP contribution in [-0.2, 0) is 10.8 Å². The van der Waals surface area contributed by atoms with Crippen molar-refractivity contribution in [1.29, 1.82) is 0 Å². The van der Waals surface area contributed by atoms with E-state index >= 15 is 0 Å². The van der Waals surface area contributed by atoms with Crippen LogP contribution in [0, 0.1) is 0 Å². The summed E-state index contributed by atoms with van der Waals surface area (Å²) in [6.07, 6.45) is 4.28. The Kier molecular flexibility index (Phi) is 8.08. The van der Waals surface area contributed by atoms with Crippen LogP contribution in [0.2, 0.25) is 0 Å². The molecular weight excluding hydrogens is 322 g/mol. The van der Waals surface area contributed by atoms with Crippen LogP contribution in [-0.4, -0.2) is 47.4 Å². The van der Waals surface area contributed by atoms with E-state index < -0.39 is 10.8 Å². The molecule has 0 saturated heterocycles. The van der Waals surface area contributed by atoms with E-state index in [2.05, 4.69) is 15.6 Å². The highest BCUT2D eigenvalue weighted by Crippen LogP contribution is 2.22. The molecular formula is C18H29N3O2S. The van der Waals surface area contributed by atoms with Gasteiger partial charge < -0.3 is 15.4 Å². The van der Waals surface area contributed by atoms with Crippen molar-refractivity contribution in [3.63, 3.8) is 0 Å². The highest BCUT2D eigenvalue weighted by atomic mass is 32.2. The van der Waals surface area contributed by atoms with Crippen LogP contribution in [0.5, 0.6) is 5.75 Å². The van der Waals surface area contributed by atoms with E-state index in [-0.39, 0.29) is 0 Å². The molecule has 1 aliphatic rings. The molecule has 6 heteroatoms. The maximum atomic E-state index is 12.0. The molecule has 24 heavy (non-hydrogen) atoms. The Bertz CT molecular complexity index is 536. The quantitative estimate of drug-likeness (QED) is 0.450. The van der Waals surface area contributed by atoms with Gasteiger partial charge in [0.2, 0.25) is 0 Å². The summed E-state index contributed by atoms with van der Waals surface area (Å²) in [5.41, 5.74) is 0. The van der Waals surface area contributed by atoms with Gasteiger partial charge in [0.05, 0.1) is 6.54 Å². The SMILES string of the molecule is CCS(=O)C1CCCC(NC(=NC)NCCOc2ccccc2)C1. The lowest BCUT2D eigenvalue weighted by Crippen LogP contribution is -2.47. The average molecular weight is 352 g/mol. The fourth-order valence-corrected chi connectivity index (χ4v) is 4.34. The van der Waals surface area contributed by atoms with Gasteiger partial charge >= 0.3 is 0 Å². The minimum absolute atomic E-state index is 0.320. The molecule has 1 fully saturated rings. The second-order valence-corrected chi connectivity index (χ2v) is 7.97. The smallest absolute Gasteiger partial charge is 0.191 e. The molecule has 0 bridgehead atoms. The number of aliphatic imine (C=N–C) groups is 1. The van der Waals surface area contributed by atoms with Crippen LogP contribution in [0.1, 0.15) is 32.6 Å². The molecule has 0 aromatic heterocycles. The summed E-state index contributed by atoms with van der Waals surface area (Å²) in [5, 5.41) is 7.07. The van der Waals surface area contributed by atoms with Gasteiger partial charge in [-0.2, -0.15) is 0 Å². The minimum atomic E-state index is -0.699. The lowest BCUT2D eigenvalue weighted by Gasteiger charge is -2.30. The number of nitrogens with zero attached hydrogens (tertiary/aromatic N) is 1. The molecule has 134 valence electrons. The van der Waals surface area contributed by atoms with E-state index in [0.29, 0.717) is 24.4 Å². The van der Waals surface area contributed by atoms with Crippen molar-refractivity contribution in [1.82, 2.24) is 10.6 Å². The molecule has 2 N–H and O–H groups in total. The van der Waals surface area contributed by atoms with E-state index in [1.807, 2.05) is 37.3 Å². The molecule has 3 atom stereocenters. The molecule has 0 spiro atoms. The zero-order chi connectivity index (χ0) is 17.2. The van der Waals surface area contributed by atoms with E-state index in [1.165, 1.54) is 0 Å². The minimum Gasteiger partial charge on any atom is -0.492 e. The fourth-order valence-electron chi connectivity index (χ4n) is 2.99. The summed E-state index contributed by atoms with van der Waals surface area (Å²) in [6.45, 7) is 3.27. The Morgan fingerprint density at radius 2 is 2.12 bits per heavy atom. The molecule has 2 rings (SSSR count). The molecule has 0 radical (unpaired) electrons. The average Bonchev–Trinajstić information content (AvgIpc) is 2.64. The van der Waals surface area contributed by atoms with Crippen LogP contribution < -0.4 is 15.4 Å². The van der Waals surface area contributed by atoms with Gasteiger partial charge in [-0.1, -0.05) is 31.5 Å². The lowest BCUT2D eigenvalue weighted by molar-refractivity contribution is 0.321. The maximum absolute atomic E-state index is 12.0. The van der Waals surface area contributed by atoms with Crippen LogP contribution >= 0.6 is 0 Å². The predicted octanol–water partition coefficient (Wildman–Crippen LogP) is 2.31. The lowest BCUT2D eigenvalue weighted by atomic mass is 9.95. The first-order chi connectivity index (χ1) is 11.7. The van der Waals surface area contributed by atoms with E-state index in [9.17, 15) is 4.21 Å². The molecule has 0 aliphatic heterocycles. The molecule has 1 aliphatic carbocycles. The third-order valence-corrected chi connectivity index (χ3v) is 5.99. The summed E-state index contributed by atoms with van der Waals surface area (Å²) in [6, 6.07) is 10.1. The van der Waals surface area contributed by atoms with Gasteiger partial charge in [0, 0.05) is 34.9 Å². The number of hydrogen-bond donors (Lipinski definition) is 2. The normalized spacial score (nSPS) is 22.7. The number of hydrogen-bond acceptors (Lipinski definition) is 3. The van der Waals surface area contributed by atoms with Gasteiger partial charge in [-0.05, 0) is 31.4 Å². The zero-order valence-electron chi connectivity index (χ0n) is 14.7. The van der Waals surface area contributed by atoms with Crippen molar-refractivity contribution in [2.75, 3.05) is 26.0 Å². The van der Waals surface area contributed by atoms with Crippen molar-refractivity contribution in [3.8, 4) is 5.75 Å².